The molecule has 5 heteroatoms. The van der Waals surface area contributed by atoms with E-state index in [0.717, 1.165) is 28.6 Å². The van der Waals surface area contributed by atoms with E-state index in [1.54, 1.807) is 11.3 Å². The molecular weight excluding hydrogens is 232 g/mol. The van der Waals surface area contributed by atoms with Gasteiger partial charge in [0.1, 0.15) is 5.01 Å². The van der Waals surface area contributed by atoms with E-state index in [4.69, 9.17) is 0 Å². The summed E-state index contributed by atoms with van der Waals surface area (Å²) < 4.78 is 0. The van der Waals surface area contributed by atoms with E-state index in [9.17, 15) is 0 Å². The van der Waals surface area contributed by atoms with E-state index in [1.807, 2.05) is 7.05 Å². The number of hydrogen-bond acceptors (Lipinski definition) is 5. The second-order valence-corrected chi connectivity index (χ2v) is 6.20. The number of anilines is 1. The molecule has 1 aliphatic carbocycles. The Morgan fingerprint density at radius 2 is 2.18 bits per heavy atom. The molecule has 0 amide bonds. The van der Waals surface area contributed by atoms with Crippen molar-refractivity contribution in [2.24, 2.45) is 5.92 Å². The Kier molecular flexibility index (Phi) is 4.34. The number of aromatic nitrogens is 2. The van der Waals surface area contributed by atoms with Crippen LogP contribution in [0.5, 0.6) is 0 Å². The molecule has 0 aromatic carbocycles. The van der Waals surface area contributed by atoms with Crippen LogP contribution >= 0.6 is 11.3 Å². The zero-order valence-corrected chi connectivity index (χ0v) is 11.8. The van der Waals surface area contributed by atoms with Gasteiger partial charge >= 0.3 is 0 Å². The Morgan fingerprint density at radius 3 is 2.71 bits per heavy atom. The normalized spacial score (nSPS) is 15.8. The van der Waals surface area contributed by atoms with Gasteiger partial charge in [-0.1, -0.05) is 25.2 Å². The van der Waals surface area contributed by atoms with Crippen LogP contribution in [0.4, 0.5) is 5.13 Å². The average molecular weight is 254 g/mol. The van der Waals surface area contributed by atoms with Gasteiger partial charge in [0.05, 0.1) is 6.54 Å². The fourth-order valence-corrected chi connectivity index (χ4v) is 2.57. The number of rotatable bonds is 7. The maximum atomic E-state index is 4.23. The zero-order chi connectivity index (χ0) is 12.3. The van der Waals surface area contributed by atoms with Crippen molar-refractivity contribution < 1.29 is 0 Å². The molecule has 1 aliphatic rings. The van der Waals surface area contributed by atoms with Crippen LogP contribution in [0.3, 0.4) is 0 Å². The van der Waals surface area contributed by atoms with Crippen molar-refractivity contribution in [2.45, 2.75) is 45.7 Å². The van der Waals surface area contributed by atoms with Crippen LogP contribution < -0.4 is 5.32 Å². The van der Waals surface area contributed by atoms with E-state index >= 15 is 0 Å². The molecule has 96 valence electrons. The second-order valence-electron chi connectivity index (χ2n) is 5.14. The van der Waals surface area contributed by atoms with Gasteiger partial charge < -0.3 is 5.32 Å². The Labute approximate surface area is 107 Å². The first kappa shape index (κ1) is 12.8. The fraction of sp³-hybridized carbons (Fsp3) is 0.833. The summed E-state index contributed by atoms with van der Waals surface area (Å²) in [6.07, 6.45) is 3.99. The summed E-state index contributed by atoms with van der Waals surface area (Å²) in [6.45, 7) is 6.73. The van der Waals surface area contributed by atoms with Gasteiger partial charge in [-0.3, -0.25) is 4.90 Å². The Bertz CT molecular complexity index is 346. The molecule has 0 unspecified atom stereocenters. The number of nitrogens with one attached hydrogen (secondary N) is 1. The van der Waals surface area contributed by atoms with Crippen LogP contribution in [0.2, 0.25) is 0 Å². The molecule has 0 bridgehead atoms. The van der Waals surface area contributed by atoms with Crippen LogP contribution in [-0.4, -0.2) is 34.7 Å². The van der Waals surface area contributed by atoms with Crippen molar-refractivity contribution >= 4 is 16.5 Å². The SMILES string of the molecule is CNc1nnc(CN(CCC(C)C)C2CC2)s1. The zero-order valence-electron chi connectivity index (χ0n) is 10.9. The lowest BCUT2D eigenvalue weighted by Gasteiger charge is -2.21. The third kappa shape index (κ3) is 3.92. The van der Waals surface area contributed by atoms with Crippen molar-refractivity contribution in [3.63, 3.8) is 0 Å². The van der Waals surface area contributed by atoms with Crippen molar-refractivity contribution in [1.29, 1.82) is 0 Å². The van der Waals surface area contributed by atoms with Gasteiger partial charge in [0.2, 0.25) is 5.13 Å². The van der Waals surface area contributed by atoms with E-state index in [2.05, 4.69) is 34.3 Å². The highest BCUT2D eigenvalue weighted by molar-refractivity contribution is 7.15. The molecule has 1 N–H and O–H groups in total. The summed E-state index contributed by atoms with van der Waals surface area (Å²) in [7, 11) is 1.89. The van der Waals surface area contributed by atoms with Crippen molar-refractivity contribution in [3.05, 3.63) is 5.01 Å². The topological polar surface area (TPSA) is 41.1 Å². The molecule has 1 saturated carbocycles. The largest absolute Gasteiger partial charge is 0.363 e. The van der Waals surface area contributed by atoms with Crippen molar-refractivity contribution in [1.82, 2.24) is 15.1 Å². The maximum absolute atomic E-state index is 4.23. The average Bonchev–Trinajstić information content (AvgIpc) is 3.04. The van der Waals surface area contributed by atoms with Gasteiger partial charge in [0.25, 0.3) is 0 Å². The van der Waals surface area contributed by atoms with Crippen LogP contribution in [0.15, 0.2) is 0 Å². The standard InChI is InChI=1S/C12H22N4S/c1-9(2)6-7-16(10-4-5-10)8-11-14-15-12(13-3)17-11/h9-10H,4-8H2,1-3H3,(H,13,15). The minimum atomic E-state index is 0.776. The van der Waals surface area contributed by atoms with Crippen molar-refractivity contribution in [2.75, 3.05) is 18.9 Å². The summed E-state index contributed by atoms with van der Waals surface area (Å²) in [5.74, 6) is 0.776. The summed E-state index contributed by atoms with van der Waals surface area (Å²) >= 11 is 1.67. The molecule has 17 heavy (non-hydrogen) atoms. The molecule has 0 spiro atoms. The second kappa shape index (κ2) is 5.78. The van der Waals surface area contributed by atoms with Gasteiger partial charge in [-0.05, 0) is 31.7 Å². The number of hydrogen-bond donors (Lipinski definition) is 1. The van der Waals surface area contributed by atoms with Crippen LogP contribution in [0.25, 0.3) is 0 Å². The highest BCUT2D eigenvalue weighted by atomic mass is 32.1. The number of nitrogens with zero attached hydrogens (tertiary/aromatic N) is 3. The van der Waals surface area contributed by atoms with Crippen LogP contribution in [0.1, 0.15) is 38.1 Å². The smallest absolute Gasteiger partial charge is 0.205 e. The van der Waals surface area contributed by atoms with Gasteiger partial charge in [-0.2, -0.15) is 0 Å². The highest BCUT2D eigenvalue weighted by Gasteiger charge is 2.29. The predicted molar refractivity (Wildman–Crippen MR) is 72.3 cm³/mol. The van der Waals surface area contributed by atoms with Gasteiger partial charge in [-0.15, -0.1) is 10.2 Å². The van der Waals surface area contributed by atoms with Gasteiger partial charge in [0, 0.05) is 13.1 Å². The Hall–Kier alpha value is -0.680. The molecule has 0 aliphatic heterocycles. The summed E-state index contributed by atoms with van der Waals surface area (Å²) in [5, 5.41) is 13.4. The monoisotopic (exact) mass is 254 g/mol. The van der Waals surface area contributed by atoms with E-state index in [0.29, 0.717) is 0 Å². The fourth-order valence-electron chi connectivity index (χ4n) is 1.85. The lowest BCUT2D eigenvalue weighted by atomic mass is 10.1. The maximum Gasteiger partial charge on any atom is 0.205 e. The third-order valence-corrected chi connectivity index (χ3v) is 4.00. The summed E-state index contributed by atoms with van der Waals surface area (Å²) in [6, 6.07) is 0.802. The predicted octanol–water partition coefficient (Wildman–Crippen LogP) is 2.59. The van der Waals surface area contributed by atoms with E-state index in [-0.39, 0.29) is 0 Å². The Balaban J connectivity index is 1.88. The molecule has 0 atom stereocenters. The van der Waals surface area contributed by atoms with Gasteiger partial charge in [-0.25, -0.2) is 0 Å². The molecule has 1 heterocycles. The molecule has 1 aromatic heterocycles. The lowest BCUT2D eigenvalue weighted by molar-refractivity contribution is 0.238. The highest BCUT2D eigenvalue weighted by Crippen LogP contribution is 2.29. The minimum Gasteiger partial charge on any atom is -0.363 e. The van der Waals surface area contributed by atoms with E-state index in [1.165, 1.54) is 25.8 Å². The molecule has 1 aromatic rings. The molecule has 4 nitrogen and oxygen atoms in total. The molecule has 0 radical (unpaired) electrons. The molecule has 2 rings (SSSR count). The first-order chi connectivity index (χ1) is 8.19. The van der Waals surface area contributed by atoms with Crippen LogP contribution in [-0.2, 0) is 6.54 Å². The minimum absolute atomic E-state index is 0.776. The molecular formula is C12H22N4S. The van der Waals surface area contributed by atoms with Crippen LogP contribution in [0, 0.1) is 5.92 Å². The first-order valence-corrected chi connectivity index (χ1v) is 7.25. The van der Waals surface area contributed by atoms with Gasteiger partial charge in [0.15, 0.2) is 0 Å². The lowest BCUT2D eigenvalue weighted by Crippen LogP contribution is -2.27. The van der Waals surface area contributed by atoms with Crippen molar-refractivity contribution in [3.8, 4) is 0 Å². The van der Waals surface area contributed by atoms with E-state index < -0.39 is 0 Å². The molecule has 0 saturated heterocycles. The third-order valence-electron chi connectivity index (χ3n) is 3.08. The summed E-state index contributed by atoms with van der Waals surface area (Å²) in [5.41, 5.74) is 0. The Morgan fingerprint density at radius 1 is 1.41 bits per heavy atom. The quantitative estimate of drug-likeness (QED) is 0.812. The first-order valence-electron chi connectivity index (χ1n) is 6.43. The summed E-state index contributed by atoms with van der Waals surface area (Å²) in [4.78, 5) is 2.57. The molecule has 1 fully saturated rings.